The topological polar surface area (TPSA) is 47.4 Å². The number of methoxy groups -OCH3 is 1. The Labute approximate surface area is 120 Å². The molecule has 0 saturated carbocycles. The third-order valence-corrected chi connectivity index (χ3v) is 4.03. The second-order valence-electron chi connectivity index (χ2n) is 5.49. The van der Waals surface area contributed by atoms with Crippen LogP contribution in [-0.2, 0) is 22.6 Å². The van der Waals surface area contributed by atoms with Crippen LogP contribution in [0, 0.1) is 6.92 Å². The van der Waals surface area contributed by atoms with E-state index in [4.69, 9.17) is 4.74 Å². The van der Waals surface area contributed by atoms with Crippen LogP contribution in [0.1, 0.15) is 44.0 Å². The van der Waals surface area contributed by atoms with Crippen LogP contribution in [0.2, 0.25) is 0 Å². The highest BCUT2D eigenvalue weighted by Crippen LogP contribution is 2.22. The van der Waals surface area contributed by atoms with E-state index in [0.717, 1.165) is 31.7 Å². The monoisotopic (exact) mass is 279 g/mol. The Hall–Kier alpha value is -1.36. The van der Waals surface area contributed by atoms with Crippen molar-refractivity contribution >= 4 is 5.97 Å². The van der Waals surface area contributed by atoms with Gasteiger partial charge in [-0.05, 0) is 39.3 Å². The van der Waals surface area contributed by atoms with Gasteiger partial charge in [-0.15, -0.1) is 0 Å². The highest BCUT2D eigenvalue weighted by atomic mass is 16.5. The smallest absolute Gasteiger partial charge is 0.307 e. The lowest BCUT2D eigenvalue weighted by molar-refractivity contribution is -0.142. The molecule has 1 unspecified atom stereocenters. The molecule has 2 heterocycles. The summed E-state index contributed by atoms with van der Waals surface area (Å²) in [6, 6.07) is 2.45. The number of nitrogens with zero attached hydrogens (tertiary/aromatic N) is 3. The molecule has 0 bridgehead atoms. The molecule has 2 rings (SSSR count). The summed E-state index contributed by atoms with van der Waals surface area (Å²) < 4.78 is 6.87. The molecule has 1 fully saturated rings. The van der Waals surface area contributed by atoms with Crippen LogP contribution in [0.3, 0.4) is 0 Å². The van der Waals surface area contributed by atoms with Gasteiger partial charge in [0.15, 0.2) is 0 Å². The number of ether oxygens (including phenoxy) is 1. The summed E-state index contributed by atoms with van der Waals surface area (Å²) in [4.78, 5) is 13.9. The van der Waals surface area contributed by atoms with E-state index in [-0.39, 0.29) is 5.97 Å². The Morgan fingerprint density at radius 2 is 2.30 bits per heavy atom. The van der Waals surface area contributed by atoms with Gasteiger partial charge in [0.2, 0.25) is 0 Å². The minimum Gasteiger partial charge on any atom is -0.469 e. The van der Waals surface area contributed by atoms with Gasteiger partial charge in [-0.3, -0.25) is 14.4 Å². The third-order valence-electron chi connectivity index (χ3n) is 4.03. The number of piperidine rings is 1. The Balaban J connectivity index is 2.06. The quantitative estimate of drug-likeness (QED) is 0.775. The van der Waals surface area contributed by atoms with Gasteiger partial charge >= 0.3 is 5.97 Å². The molecule has 1 aliphatic heterocycles. The van der Waals surface area contributed by atoms with Gasteiger partial charge in [-0.1, -0.05) is 6.42 Å². The number of hydrogen-bond acceptors (Lipinski definition) is 4. The number of carbonyl (C=O) groups excluding carboxylic acids is 1. The number of esters is 1. The van der Waals surface area contributed by atoms with Gasteiger partial charge < -0.3 is 4.74 Å². The van der Waals surface area contributed by atoms with Crippen molar-refractivity contribution in [3.63, 3.8) is 0 Å². The molecule has 1 atom stereocenters. The van der Waals surface area contributed by atoms with Crippen molar-refractivity contribution in [2.45, 2.75) is 58.7 Å². The normalized spacial score (nSPS) is 20.1. The maximum Gasteiger partial charge on any atom is 0.307 e. The van der Waals surface area contributed by atoms with Crippen molar-refractivity contribution in [3.05, 3.63) is 17.5 Å². The Kier molecular flexibility index (Phi) is 5.17. The number of rotatable bonds is 5. The Bertz CT molecular complexity index is 456. The summed E-state index contributed by atoms with van der Waals surface area (Å²) in [6.07, 6.45) is 3.98. The molecule has 0 radical (unpaired) electrons. The van der Waals surface area contributed by atoms with Crippen molar-refractivity contribution in [2.24, 2.45) is 0 Å². The van der Waals surface area contributed by atoms with E-state index in [2.05, 4.69) is 27.7 Å². The summed E-state index contributed by atoms with van der Waals surface area (Å²) in [5.74, 6) is -0.109. The highest BCUT2D eigenvalue weighted by Gasteiger charge is 2.26. The largest absolute Gasteiger partial charge is 0.469 e. The number of aromatic nitrogens is 2. The number of likely N-dealkylation sites (tertiary alicyclic amines) is 1. The molecule has 1 aliphatic rings. The first-order valence-electron chi connectivity index (χ1n) is 7.48. The van der Waals surface area contributed by atoms with E-state index in [1.54, 1.807) is 0 Å². The molecular formula is C15H25N3O2. The average Bonchev–Trinajstić information content (AvgIpc) is 2.80. The van der Waals surface area contributed by atoms with Gasteiger partial charge in [-0.2, -0.15) is 5.10 Å². The average molecular weight is 279 g/mol. The first-order valence-corrected chi connectivity index (χ1v) is 7.48. The zero-order valence-electron chi connectivity index (χ0n) is 12.8. The molecule has 1 saturated heterocycles. The molecule has 5 heteroatoms. The van der Waals surface area contributed by atoms with Crippen LogP contribution in [0.25, 0.3) is 0 Å². The van der Waals surface area contributed by atoms with E-state index in [9.17, 15) is 4.79 Å². The molecule has 0 aliphatic carbocycles. The minimum absolute atomic E-state index is 0.109. The van der Waals surface area contributed by atoms with Crippen LogP contribution in [-0.4, -0.2) is 40.3 Å². The zero-order chi connectivity index (χ0) is 14.5. The molecule has 5 nitrogen and oxygen atoms in total. The van der Waals surface area contributed by atoms with Crippen LogP contribution in [0.4, 0.5) is 0 Å². The van der Waals surface area contributed by atoms with Gasteiger partial charge in [0.05, 0.1) is 24.9 Å². The Morgan fingerprint density at radius 3 is 3.00 bits per heavy atom. The fraction of sp³-hybridized carbons (Fsp3) is 0.733. The predicted octanol–water partition coefficient (Wildman–Crippen LogP) is 2.13. The first kappa shape index (κ1) is 15.0. The molecular weight excluding hydrogens is 254 g/mol. The minimum atomic E-state index is -0.109. The maximum absolute atomic E-state index is 11.5. The number of aryl methyl sites for hydroxylation is 2. The maximum atomic E-state index is 11.5. The highest BCUT2D eigenvalue weighted by molar-refractivity contribution is 5.69. The summed E-state index contributed by atoms with van der Waals surface area (Å²) in [7, 11) is 1.46. The van der Waals surface area contributed by atoms with Crippen molar-refractivity contribution in [2.75, 3.05) is 13.7 Å². The predicted molar refractivity (Wildman–Crippen MR) is 77.3 cm³/mol. The molecule has 0 spiro atoms. The summed E-state index contributed by atoms with van der Waals surface area (Å²) >= 11 is 0. The summed E-state index contributed by atoms with van der Waals surface area (Å²) in [5.41, 5.74) is 2.30. The Morgan fingerprint density at radius 1 is 1.50 bits per heavy atom. The zero-order valence-corrected chi connectivity index (χ0v) is 12.8. The molecule has 0 aromatic carbocycles. The van der Waals surface area contributed by atoms with Crippen LogP contribution < -0.4 is 0 Å². The lowest BCUT2D eigenvalue weighted by Crippen LogP contribution is -2.40. The van der Waals surface area contributed by atoms with Crippen molar-refractivity contribution in [3.8, 4) is 0 Å². The molecule has 0 N–H and O–H groups in total. The van der Waals surface area contributed by atoms with Gasteiger partial charge in [0, 0.05) is 19.1 Å². The van der Waals surface area contributed by atoms with Crippen molar-refractivity contribution in [1.82, 2.24) is 14.7 Å². The standard InChI is InChI=1S/C15H25N3O2/c1-4-18-14(9-12(2)16-18)11-17-8-6-5-7-13(17)10-15(19)20-3/h9,13H,4-8,10-11H2,1-3H3. The fourth-order valence-electron chi connectivity index (χ4n) is 2.98. The SMILES string of the molecule is CCn1nc(C)cc1CN1CCCCC1CC(=O)OC. The summed E-state index contributed by atoms with van der Waals surface area (Å²) in [5, 5.41) is 4.50. The van der Waals surface area contributed by atoms with Crippen LogP contribution >= 0.6 is 0 Å². The molecule has 112 valence electrons. The van der Waals surface area contributed by atoms with E-state index in [1.807, 2.05) is 6.92 Å². The van der Waals surface area contributed by atoms with Crippen LogP contribution in [0.15, 0.2) is 6.07 Å². The van der Waals surface area contributed by atoms with Crippen molar-refractivity contribution < 1.29 is 9.53 Å². The number of carbonyl (C=O) groups is 1. The van der Waals surface area contributed by atoms with Gasteiger partial charge in [0.1, 0.15) is 0 Å². The number of hydrogen-bond donors (Lipinski definition) is 0. The van der Waals surface area contributed by atoms with E-state index < -0.39 is 0 Å². The lowest BCUT2D eigenvalue weighted by Gasteiger charge is -2.35. The first-order chi connectivity index (χ1) is 9.63. The van der Waals surface area contributed by atoms with E-state index in [1.165, 1.54) is 25.6 Å². The fourth-order valence-corrected chi connectivity index (χ4v) is 2.98. The van der Waals surface area contributed by atoms with Gasteiger partial charge in [-0.25, -0.2) is 0 Å². The second-order valence-corrected chi connectivity index (χ2v) is 5.49. The molecule has 1 aromatic heterocycles. The molecule has 20 heavy (non-hydrogen) atoms. The second kappa shape index (κ2) is 6.88. The van der Waals surface area contributed by atoms with Crippen molar-refractivity contribution in [1.29, 1.82) is 0 Å². The van der Waals surface area contributed by atoms with E-state index >= 15 is 0 Å². The molecule has 1 aromatic rings. The summed E-state index contributed by atoms with van der Waals surface area (Å²) in [6.45, 7) is 6.94. The van der Waals surface area contributed by atoms with E-state index in [0.29, 0.717) is 12.5 Å². The van der Waals surface area contributed by atoms with Crippen LogP contribution in [0.5, 0.6) is 0 Å². The van der Waals surface area contributed by atoms with Gasteiger partial charge in [0.25, 0.3) is 0 Å². The third kappa shape index (κ3) is 3.60. The molecule has 0 amide bonds. The lowest BCUT2D eigenvalue weighted by atomic mass is 9.99.